The molecule has 44 heavy (non-hydrogen) atoms. The molecule has 0 saturated heterocycles. The van der Waals surface area contributed by atoms with E-state index in [1.165, 1.54) is 36.9 Å². The van der Waals surface area contributed by atoms with Crippen molar-refractivity contribution >= 4 is 40.7 Å². The molecule has 0 unspecified atom stereocenters. The summed E-state index contributed by atoms with van der Waals surface area (Å²) in [6, 6.07) is 9.07. The number of alkyl halides is 2. The predicted molar refractivity (Wildman–Crippen MR) is 158 cm³/mol. The Morgan fingerprint density at radius 3 is 2.68 bits per heavy atom. The van der Waals surface area contributed by atoms with Crippen LogP contribution in [0.25, 0.3) is 11.3 Å². The van der Waals surface area contributed by atoms with E-state index in [1.807, 2.05) is 4.57 Å². The van der Waals surface area contributed by atoms with Crippen molar-refractivity contribution < 1.29 is 32.3 Å². The number of halogens is 3. The maximum absolute atomic E-state index is 14.4. The number of nitrogens with zero attached hydrogens (tertiary/aromatic N) is 3. The van der Waals surface area contributed by atoms with E-state index >= 15 is 0 Å². The van der Waals surface area contributed by atoms with Gasteiger partial charge in [-0.15, -0.1) is 21.5 Å². The van der Waals surface area contributed by atoms with Crippen LogP contribution in [-0.2, 0) is 34.6 Å². The Kier molecular flexibility index (Phi) is 7.62. The van der Waals surface area contributed by atoms with E-state index in [1.54, 1.807) is 19.1 Å². The highest BCUT2D eigenvalue weighted by molar-refractivity contribution is 7.09. The number of para-hydroxylation sites is 1. The molecule has 4 aromatic rings. The number of hydrogen-bond donors (Lipinski definition) is 2. The third-order valence-corrected chi connectivity index (χ3v) is 9.08. The summed E-state index contributed by atoms with van der Waals surface area (Å²) < 4.78 is 50.0. The zero-order valence-electron chi connectivity index (χ0n) is 23.9. The molecule has 0 radical (unpaired) electrons. The average molecular weight is 624 g/mol. The van der Waals surface area contributed by atoms with Gasteiger partial charge in [0.25, 0.3) is 11.8 Å². The highest BCUT2D eigenvalue weighted by Crippen LogP contribution is 2.55. The number of ketones is 1. The molecule has 1 aliphatic carbocycles. The Labute approximate surface area is 254 Å². The molecule has 6 rings (SSSR count). The molecule has 2 N–H and O–H groups in total. The zero-order valence-corrected chi connectivity index (χ0v) is 24.7. The number of aromatic nitrogens is 3. The van der Waals surface area contributed by atoms with Crippen LogP contribution in [0.3, 0.4) is 0 Å². The van der Waals surface area contributed by atoms with E-state index in [-0.39, 0.29) is 24.1 Å². The van der Waals surface area contributed by atoms with Crippen molar-refractivity contribution in [1.82, 2.24) is 14.8 Å². The lowest BCUT2D eigenvalue weighted by Gasteiger charge is -2.47. The normalized spacial score (nSPS) is 16.2. The molecule has 0 spiro atoms. The van der Waals surface area contributed by atoms with Gasteiger partial charge in [0.1, 0.15) is 21.9 Å². The summed E-state index contributed by atoms with van der Waals surface area (Å²) in [4.78, 5) is 38.3. The Morgan fingerprint density at radius 2 is 2.00 bits per heavy atom. The number of methoxy groups -OCH3 is 1. The number of anilines is 2. The first-order valence-electron chi connectivity index (χ1n) is 13.9. The standard InChI is InChI=1S/C31H28F3N5O4S/c1-17-25(28(42)36-19-8-9-22(32)18(11-19)13-43-2)23-7-4-10-39(23)27(17)21-6-3-5-20(24(41)12-40)26(21)37-30(14-31(33,34)15-30)29-38-35-16-44-29/h3,5-6,8-9,11-12,16,37H,4,7,10,13-15H2,1-2H3,(H,36,42). The number of ether oxygens (including phenoxy) is 1. The van der Waals surface area contributed by atoms with Crippen LogP contribution in [0.2, 0.25) is 0 Å². The van der Waals surface area contributed by atoms with Crippen LogP contribution in [0.4, 0.5) is 24.5 Å². The van der Waals surface area contributed by atoms with E-state index in [0.717, 1.165) is 23.5 Å². The van der Waals surface area contributed by atoms with E-state index in [9.17, 15) is 27.6 Å². The fourth-order valence-electron chi connectivity index (χ4n) is 6.38. The minimum atomic E-state index is -2.95. The van der Waals surface area contributed by atoms with Crippen LogP contribution in [0.15, 0.2) is 41.9 Å². The number of rotatable bonds is 10. The molecule has 13 heteroatoms. The smallest absolute Gasteiger partial charge is 0.257 e. The monoisotopic (exact) mass is 623 g/mol. The molecular formula is C31H28F3N5O4S. The molecule has 1 aliphatic heterocycles. The number of aldehydes is 1. The molecule has 1 amide bonds. The van der Waals surface area contributed by atoms with E-state index < -0.39 is 41.8 Å². The van der Waals surface area contributed by atoms with E-state index in [2.05, 4.69) is 20.8 Å². The van der Waals surface area contributed by atoms with E-state index in [0.29, 0.717) is 51.6 Å². The minimum Gasteiger partial charge on any atom is -0.380 e. The molecule has 2 aromatic heterocycles. The third kappa shape index (κ3) is 5.09. The quantitative estimate of drug-likeness (QED) is 0.128. The summed E-state index contributed by atoms with van der Waals surface area (Å²) in [6.07, 6.45) is 0.415. The first-order chi connectivity index (χ1) is 21.1. The molecule has 3 heterocycles. The van der Waals surface area contributed by atoms with Crippen molar-refractivity contribution in [2.45, 2.75) is 57.2 Å². The number of nitrogens with one attached hydrogen (secondary N) is 2. The number of amides is 1. The maximum atomic E-state index is 14.4. The van der Waals surface area contributed by atoms with Crippen LogP contribution < -0.4 is 10.6 Å². The number of Topliss-reactive ketones (excluding diaryl/α,β-unsaturated/α-hetero) is 1. The predicted octanol–water partition coefficient (Wildman–Crippen LogP) is 5.92. The lowest BCUT2D eigenvalue weighted by Crippen LogP contribution is -2.54. The number of fused-ring (bicyclic) bond motifs is 1. The summed E-state index contributed by atoms with van der Waals surface area (Å²) in [5, 5.41) is 14.3. The largest absolute Gasteiger partial charge is 0.380 e. The second kappa shape index (κ2) is 11.3. The van der Waals surface area contributed by atoms with Crippen LogP contribution in [0.5, 0.6) is 0 Å². The maximum Gasteiger partial charge on any atom is 0.257 e. The van der Waals surface area contributed by atoms with Crippen molar-refractivity contribution in [1.29, 1.82) is 0 Å². The van der Waals surface area contributed by atoms with Gasteiger partial charge < -0.3 is 19.9 Å². The molecule has 2 aliphatic rings. The summed E-state index contributed by atoms with van der Waals surface area (Å²) in [6.45, 7) is 2.40. The molecule has 0 bridgehead atoms. The van der Waals surface area contributed by atoms with Crippen molar-refractivity contribution in [3.63, 3.8) is 0 Å². The highest BCUT2D eigenvalue weighted by atomic mass is 32.1. The molecule has 2 aromatic carbocycles. The Bertz CT molecular complexity index is 1780. The number of carbonyl (C=O) groups is 3. The topological polar surface area (TPSA) is 115 Å². The average Bonchev–Trinajstić information content (AvgIpc) is 3.72. The molecule has 1 fully saturated rings. The van der Waals surface area contributed by atoms with Crippen molar-refractivity contribution in [2.75, 3.05) is 17.7 Å². The van der Waals surface area contributed by atoms with Crippen molar-refractivity contribution in [3.8, 4) is 11.3 Å². The molecular weight excluding hydrogens is 595 g/mol. The summed E-state index contributed by atoms with van der Waals surface area (Å²) >= 11 is 1.12. The fourth-order valence-corrected chi connectivity index (χ4v) is 7.09. The molecule has 9 nitrogen and oxygen atoms in total. The number of hydrogen-bond acceptors (Lipinski definition) is 8. The second-order valence-corrected chi connectivity index (χ2v) is 11.9. The molecule has 0 atom stereocenters. The van der Waals surface area contributed by atoms with Gasteiger partial charge in [-0.25, -0.2) is 13.2 Å². The van der Waals surface area contributed by atoms with Gasteiger partial charge in [0, 0.05) is 54.6 Å². The SMILES string of the molecule is COCc1cc(NC(=O)c2c(C)c(-c3cccc(C(=O)C=O)c3NC3(c4nncs4)CC(F)(F)C3)n3c2CCC3)ccc1F. The summed E-state index contributed by atoms with van der Waals surface area (Å²) in [5.74, 6) is -4.62. The van der Waals surface area contributed by atoms with Gasteiger partial charge in [-0.05, 0) is 49.6 Å². The molecule has 228 valence electrons. The van der Waals surface area contributed by atoms with Crippen molar-refractivity contribution in [3.05, 3.63) is 80.7 Å². The minimum absolute atomic E-state index is 0.0209. The lowest BCUT2D eigenvalue weighted by molar-refractivity contribution is -0.118. The van der Waals surface area contributed by atoms with E-state index in [4.69, 9.17) is 4.74 Å². The van der Waals surface area contributed by atoms with Gasteiger partial charge in [-0.3, -0.25) is 14.4 Å². The highest BCUT2D eigenvalue weighted by Gasteiger charge is 2.59. The van der Waals surface area contributed by atoms with Crippen molar-refractivity contribution in [2.24, 2.45) is 0 Å². The number of benzene rings is 2. The summed E-state index contributed by atoms with van der Waals surface area (Å²) in [7, 11) is 1.45. The van der Waals surface area contributed by atoms with Gasteiger partial charge in [-0.1, -0.05) is 12.1 Å². The first-order valence-corrected chi connectivity index (χ1v) is 14.8. The van der Waals surface area contributed by atoms with Gasteiger partial charge >= 0.3 is 0 Å². The second-order valence-electron chi connectivity index (χ2n) is 11.1. The Hall–Kier alpha value is -4.36. The van der Waals surface area contributed by atoms with Gasteiger partial charge in [0.2, 0.25) is 5.78 Å². The Morgan fingerprint density at radius 1 is 1.20 bits per heavy atom. The first kappa shape index (κ1) is 29.7. The van der Waals surface area contributed by atoms with Gasteiger partial charge in [0.15, 0.2) is 6.29 Å². The van der Waals surface area contributed by atoms with Crippen LogP contribution in [0.1, 0.15) is 61.8 Å². The summed E-state index contributed by atoms with van der Waals surface area (Å²) in [5.41, 5.74) is 4.00. The van der Waals surface area contributed by atoms with Crippen LogP contribution in [0, 0.1) is 12.7 Å². The zero-order chi connectivity index (χ0) is 31.2. The number of carbonyl (C=O) groups excluding carboxylic acids is 3. The lowest BCUT2D eigenvalue weighted by atomic mass is 9.73. The molecule has 1 saturated carbocycles. The third-order valence-electron chi connectivity index (χ3n) is 8.19. The van der Waals surface area contributed by atoms with Gasteiger partial charge in [0.05, 0.1) is 23.6 Å². The van der Waals surface area contributed by atoms with Crippen LogP contribution in [-0.4, -0.2) is 45.8 Å². The Balaban J connectivity index is 1.46. The van der Waals surface area contributed by atoms with Gasteiger partial charge in [-0.2, -0.15) is 0 Å². The fraction of sp³-hybridized carbons (Fsp3) is 0.323. The van der Waals surface area contributed by atoms with Crippen LogP contribution >= 0.6 is 11.3 Å².